The number of nitrogens with zero attached hydrogens (tertiary/aromatic N) is 1. The highest BCUT2D eigenvalue weighted by atomic mass is 14.9. The third-order valence-corrected chi connectivity index (χ3v) is 2.75. The molecule has 0 saturated heterocycles. The predicted molar refractivity (Wildman–Crippen MR) is 67.5 cm³/mol. The van der Waals surface area contributed by atoms with E-state index in [2.05, 4.69) is 35.1 Å². The molecule has 1 heterocycles. The first-order valence-corrected chi connectivity index (χ1v) is 6.01. The van der Waals surface area contributed by atoms with Crippen LogP contribution in [0.2, 0.25) is 0 Å². The van der Waals surface area contributed by atoms with Crippen molar-refractivity contribution in [1.82, 2.24) is 9.97 Å². The normalized spacial score (nSPS) is 11.1. The van der Waals surface area contributed by atoms with E-state index < -0.39 is 0 Å². The number of nitrogens with two attached hydrogens (primary N) is 1. The van der Waals surface area contributed by atoms with Gasteiger partial charge in [0, 0.05) is 6.42 Å². The highest BCUT2D eigenvalue weighted by Crippen LogP contribution is 2.15. The van der Waals surface area contributed by atoms with Crippen LogP contribution in [0.15, 0.2) is 18.2 Å². The fraction of sp³-hybridized carbons (Fsp3) is 0.462. The van der Waals surface area contributed by atoms with Crippen molar-refractivity contribution in [2.75, 3.05) is 6.54 Å². The van der Waals surface area contributed by atoms with Gasteiger partial charge in [-0.1, -0.05) is 13.0 Å². The van der Waals surface area contributed by atoms with Crippen LogP contribution >= 0.6 is 0 Å². The average molecular weight is 217 g/mol. The lowest BCUT2D eigenvalue weighted by Crippen LogP contribution is -2.00. The Balaban J connectivity index is 2.23. The van der Waals surface area contributed by atoms with Crippen LogP contribution in [0.4, 0.5) is 0 Å². The summed E-state index contributed by atoms with van der Waals surface area (Å²) in [5.41, 5.74) is 9.07. The smallest absolute Gasteiger partial charge is 0.107 e. The van der Waals surface area contributed by atoms with Crippen LogP contribution in [-0.2, 0) is 12.8 Å². The highest BCUT2D eigenvalue weighted by molar-refractivity contribution is 5.75. The lowest BCUT2D eigenvalue weighted by atomic mass is 10.1. The van der Waals surface area contributed by atoms with E-state index in [1.165, 1.54) is 5.56 Å². The molecule has 3 heteroatoms. The van der Waals surface area contributed by atoms with E-state index in [0.29, 0.717) is 0 Å². The van der Waals surface area contributed by atoms with Crippen molar-refractivity contribution in [2.24, 2.45) is 5.73 Å². The molecule has 3 N–H and O–H groups in total. The van der Waals surface area contributed by atoms with E-state index >= 15 is 0 Å². The molecule has 0 saturated carbocycles. The second-order valence-corrected chi connectivity index (χ2v) is 4.18. The summed E-state index contributed by atoms with van der Waals surface area (Å²) in [4.78, 5) is 7.91. The van der Waals surface area contributed by atoms with Gasteiger partial charge in [0.2, 0.25) is 0 Å². The van der Waals surface area contributed by atoms with Crippen molar-refractivity contribution in [2.45, 2.75) is 32.6 Å². The molecule has 0 radical (unpaired) electrons. The van der Waals surface area contributed by atoms with E-state index in [4.69, 9.17) is 5.73 Å². The van der Waals surface area contributed by atoms with E-state index in [1.54, 1.807) is 0 Å². The molecular formula is C13H19N3. The Labute approximate surface area is 96.1 Å². The Morgan fingerprint density at radius 2 is 2.19 bits per heavy atom. The minimum absolute atomic E-state index is 0.752. The Bertz CT molecular complexity index is 459. The molecule has 16 heavy (non-hydrogen) atoms. The maximum absolute atomic E-state index is 5.51. The fourth-order valence-electron chi connectivity index (χ4n) is 1.93. The van der Waals surface area contributed by atoms with Crippen molar-refractivity contribution in [3.8, 4) is 0 Å². The zero-order valence-electron chi connectivity index (χ0n) is 9.79. The number of fused-ring (bicyclic) bond motifs is 1. The van der Waals surface area contributed by atoms with Gasteiger partial charge in [-0.25, -0.2) is 4.98 Å². The number of benzene rings is 1. The van der Waals surface area contributed by atoms with Gasteiger partial charge in [0.05, 0.1) is 11.0 Å². The van der Waals surface area contributed by atoms with Crippen LogP contribution in [0.5, 0.6) is 0 Å². The lowest BCUT2D eigenvalue weighted by molar-refractivity contribution is 0.833. The minimum Gasteiger partial charge on any atom is -0.342 e. The molecule has 0 bridgehead atoms. The van der Waals surface area contributed by atoms with E-state index in [0.717, 1.165) is 49.1 Å². The lowest BCUT2D eigenvalue weighted by Gasteiger charge is -1.98. The summed E-state index contributed by atoms with van der Waals surface area (Å²) in [5, 5.41) is 0. The molecule has 0 atom stereocenters. The largest absolute Gasteiger partial charge is 0.342 e. The van der Waals surface area contributed by atoms with Crippen molar-refractivity contribution in [1.29, 1.82) is 0 Å². The number of hydrogen-bond donors (Lipinski definition) is 2. The maximum Gasteiger partial charge on any atom is 0.107 e. The topological polar surface area (TPSA) is 54.7 Å². The number of aryl methyl sites for hydroxylation is 2. The molecule has 0 spiro atoms. The number of aromatic nitrogens is 2. The monoisotopic (exact) mass is 217 g/mol. The first kappa shape index (κ1) is 11.1. The van der Waals surface area contributed by atoms with E-state index in [9.17, 15) is 0 Å². The van der Waals surface area contributed by atoms with Crippen molar-refractivity contribution < 1.29 is 0 Å². The summed E-state index contributed by atoms with van der Waals surface area (Å²) in [7, 11) is 0. The molecule has 0 aliphatic heterocycles. The molecule has 0 aliphatic carbocycles. The second kappa shape index (κ2) is 5.12. The van der Waals surface area contributed by atoms with Gasteiger partial charge in [0.15, 0.2) is 0 Å². The Morgan fingerprint density at radius 1 is 1.31 bits per heavy atom. The third-order valence-electron chi connectivity index (χ3n) is 2.75. The quantitative estimate of drug-likeness (QED) is 0.808. The van der Waals surface area contributed by atoms with Crippen molar-refractivity contribution in [3.63, 3.8) is 0 Å². The van der Waals surface area contributed by atoms with Crippen LogP contribution in [0, 0.1) is 0 Å². The molecule has 0 amide bonds. The van der Waals surface area contributed by atoms with Crippen molar-refractivity contribution in [3.05, 3.63) is 29.6 Å². The summed E-state index contributed by atoms with van der Waals surface area (Å²) in [6, 6.07) is 6.43. The standard InChI is InChI=1S/C13H19N3/c1-2-4-13-15-11-7-6-10(5-3-8-14)9-12(11)16-13/h6-7,9H,2-5,8,14H2,1H3,(H,15,16). The third kappa shape index (κ3) is 2.42. The van der Waals surface area contributed by atoms with Crippen LogP contribution in [-0.4, -0.2) is 16.5 Å². The Kier molecular flexibility index (Phi) is 3.57. The number of nitrogens with one attached hydrogen (secondary N) is 1. The van der Waals surface area contributed by atoms with Gasteiger partial charge in [-0.3, -0.25) is 0 Å². The fourth-order valence-corrected chi connectivity index (χ4v) is 1.93. The minimum atomic E-state index is 0.752. The summed E-state index contributed by atoms with van der Waals surface area (Å²) < 4.78 is 0. The molecule has 0 aliphatic rings. The van der Waals surface area contributed by atoms with Crippen LogP contribution in [0.1, 0.15) is 31.2 Å². The number of aromatic amines is 1. The van der Waals surface area contributed by atoms with Crippen LogP contribution < -0.4 is 5.73 Å². The Morgan fingerprint density at radius 3 is 2.94 bits per heavy atom. The summed E-state index contributed by atoms with van der Waals surface area (Å²) >= 11 is 0. The summed E-state index contributed by atoms with van der Waals surface area (Å²) in [6.07, 6.45) is 4.24. The van der Waals surface area contributed by atoms with Gasteiger partial charge in [0.1, 0.15) is 5.82 Å². The zero-order valence-corrected chi connectivity index (χ0v) is 9.79. The number of rotatable bonds is 5. The number of H-pyrrole nitrogens is 1. The van der Waals surface area contributed by atoms with Gasteiger partial charge in [-0.2, -0.15) is 0 Å². The van der Waals surface area contributed by atoms with Crippen LogP contribution in [0.25, 0.3) is 11.0 Å². The molecule has 1 aromatic carbocycles. The zero-order chi connectivity index (χ0) is 11.4. The van der Waals surface area contributed by atoms with Gasteiger partial charge in [-0.05, 0) is 43.5 Å². The molecule has 86 valence electrons. The molecule has 3 nitrogen and oxygen atoms in total. The summed E-state index contributed by atoms with van der Waals surface area (Å²) in [6.45, 7) is 2.92. The molecule has 1 aromatic heterocycles. The first-order chi connectivity index (χ1) is 7.83. The maximum atomic E-state index is 5.51. The van der Waals surface area contributed by atoms with E-state index in [1.807, 2.05) is 0 Å². The van der Waals surface area contributed by atoms with Gasteiger partial charge in [-0.15, -0.1) is 0 Å². The SMILES string of the molecule is CCCc1nc2ccc(CCCN)cc2[nH]1. The first-order valence-electron chi connectivity index (χ1n) is 6.01. The van der Waals surface area contributed by atoms with Gasteiger partial charge < -0.3 is 10.7 Å². The average Bonchev–Trinajstić information content (AvgIpc) is 2.68. The predicted octanol–water partition coefficient (Wildman–Crippen LogP) is 2.41. The van der Waals surface area contributed by atoms with Crippen LogP contribution in [0.3, 0.4) is 0 Å². The molecule has 2 rings (SSSR count). The molecular weight excluding hydrogens is 198 g/mol. The molecule has 2 aromatic rings. The van der Waals surface area contributed by atoms with E-state index in [-0.39, 0.29) is 0 Å². The molecule has 0 unspecified atom stereocenters. The second-order valence-electron chi connectivity index (χ2n) is 4.18. The molecule has 0 fully saturated rings. The summed E-state index contributed by atoms with van der Waals surface area (Å²) in [5.74, 6) is 1.09. The van der Waals surface area contributed by atoms with Gasteiger partial charge >= 0.3 is 0 Å². The number of hydrogen-bond acceptors (Lipinski definition) is 2. The van der Waals surface area contributed by atoms with Gasteiger partial charge in [0.25, 0.3) is 0 Å². The Hall–Kier alpha value is -1.35. The number of imidazole rings is 1. The highest BCUT2D eigenvalue weighted by Gasteiger charge is 2.02. The van der Waals surface area contributed by atoms with Crippen molar-refractivity contribution >= 4 is 11.0 Å².